The van der Waals surface area contributed by atoms with Gasteiger partial charge in [-0.3, -0.25) is 4.79 Å². The van der Waals surface area contributed by atoms with Crippen LogP contribution in [-0.4, -0.2) is 25.1 Å². The van der Waals surface area contributed by atoms with Crippen LogP contribution < -0.4 is 16.4 Å². The smallest absolute Gasteiger partial charge is 0.159 e. The minimum Gasteiger partial charge on any atom is -0.387 e. The van der Waals surface area contributed by atoms with Gasteiger partial charge in [-0.25, -0.2) is 0 Å². The summed E-state index contributed by atoms with van der Waals surface area (Å²) in [6, 6.07) is 12.2. The van der Waals surface area contributed by atoms with Crippen LogP contribution in [0, 0.1) is 0 Å². The number of ketones is 1. The molecule has 0 aliphatic rings. The molecule has 0 aromatic heterocycles. The molecule has 146 valence electrons. The van der Waals surface area contributed by atoms with Crippen molar-refractivity contribution in [3.8, 4) is 0 Å². The predicted molar refractivity (Wildman–Crippen MR) is 118 cm³/mol. The molecule has 0 saturated heterocycles. The molecule has 2 rings (SSSR count). The van der Waals surface area contributed by atoms with E-state index in [0.717, 1.165) is 28.3 Å². The van der Waals surface area contributed by atoms with E-state index >= 15 is 0 Å². The van der Waals surface area contributed by atoms with E-state index in [2.05, 4.69) is 43.5 Å². The summed E-state index contributed by atoms with van der Waals surface area (Å²) in [6.07, 6.45) is 0. The Kier molecular flexibility index (Phi) is 7.33. The zero-order chi connectivity index (χ0) is 20.0. The first kappa shape index (κ1) is 21.3. The Labute approximate surface area is 167 Å². The Morgan fingerprint density at radius 3 is 2.44 bits per heavy atom. The first-order chi connectivity index (χ1) is 12.8. The van der Waals surface area contributed by atoms with Crippen LogP contribution in [0.4, 0.5) is 11.4 Å². The van der Waals surface area contributed by atoms with Gasteiger partial charge in [0, 0.05) is 37.1 Å². The lowest BCUT2D eigenvalue weighted by molar-refractivity contribution is 0.101. The molecular formula is C22H31N3OS. The highest BCUT2D eigenvalue weighted by atomic mass is 32.2. The number of thioether (sulfide) groups is 1. The van der Waals surface area contributed by atoms with Crippen molar-refractivity contribution in [2.75, 3.05) is 30.0 Å². The fourth-order valence-electron chi connectivity index (χ4n) is 2.79. The maximum absolute atomic E-state index is 11.6. The Morgan fingerprint density at radius 1 is 1.15 bits per heavy atom. The lowest BCUT2D eigenvalue weighted by Gasteiger charge is -2.24. The van der Waals surface area contributed by atoms with Crippen LogP contribution in [0.2, 0.25) is 0 Å². The minimum absolute atomic E-state index is 0.0492. The third kappa shape index (κ3) is 5.75. The maximum Gasteiger partial charge on any atom is 0.159 e. The van der Waals surface area contributed by atoms with Crippen LogP contribution >= 0.6 is 11.8 Å². The molecule has 27 heavy (non-hydrogen) atoms. The third-order valence-corrected chi connectivity index (χ3v) is 5.57. The monoisotopic (exact) mass is 385 g/mol. The lowest BCUT2D eigenvalue weighted by atomic mass is 9.86. The van der Waals surface area contributed by atoms with E-state index in [0.29, 0.717) is 13.1 Å². The molecule has 0 fully saturated rings. The number of hydrogen-bond donors (Lipinski definition) is 3. The molecule has 0 aliphatic carbocycles. The van der Waals surface area contributed by atoms with E-state index in [-0.39, 0.29) is 11.2 Å². The summed E-state index contributed by atoms with van der Waals surface area (Å²) >= 11 is 1.76. The molecule has 0 atom stereocenters. The van der Waals surface area contributed by atoms with Crippen LogP contribution in [0.25, 0.3) is 0 Å². The molecule has 0 radical (unpaired) electrons. The molecule has 0 amide bonds. The molecule has 0 aliphatic heterocycles. The molecular weight excluding hydrogens is 354 g/mol. The van der Waals surface area contributed by atoms with Gasteiger partial charge in [0.25, 0.3) is 0 Å². The number of carbonyl (C=O) groups excluding carboxylic acids is 1. The molecule has 0 bridgehead atoms. The molecule has 0 heterocycles. The van der Waals surface area contributed by atoms with Crippen LogP contribution in [0.1, 0.15) is 49.2 Å². The quantitative estimate of drug-likeness (QED) is 0.446. The first-order valence-corrected chi connectivity index (χ1v) is 10.3. The van der Waals surface area contributed by atoms with E-state index in [9.17, 15) is 4.79 Å². The molecule has 2 aromatic carbocycles. The minimum atomic E-state index is 0.0492. The van der Waals surface area contributed by atoms with Gasteiger partial charge in [0.05, 0.1) is 10.6 Å². The number of Topliss-reactive ketones (excluding diaryl/α,β-unsaturated/α-hetero) is 1. The fourth-order valence-corrected chi connectivity index (χ4v) is 3.72. The summed E-state index contributed by atoms with van der Waals surface area (Å²) < 4.78 is 0. The van der Waals surface area contributed by atoms with Gasteiger partial charge >= 0.3 is 0 Å². The fraction of sp³-hybridized carbons (Fsp3) is 0.409. The van der Waals surface area contributed by atoms with Crippen LogP contribution in [0.15, 0.2) is 41.3 Å². The number of rotatable bonds is 8. The zero-order valence-corrected chi connectivity index (χ0v) is 17.8. The highest BCUT2D eigenvalue weighted by molar-refractivity contribution is 7.99. The second-order valence-corrected chi connectivity index (χ2v) is 8.75. The van der Waals surface area contributed by atoms with Crippen molar-refractivity contribution in [2.45, 2.75) is 44.6 Å². The highest BCUT2D eigenvalue weighted by Crippen LogP contribution is 2.39. The summed E-state index contributed by atoms with van der Waals surface area (Å²) in [7, 11) is 1.95. The number of carbonyl (C=O) groups is 1. The molecule has 0 spiro atoms. The van der Waals surface area contributed by atoms with Crippen molar-refractivity contribution in [2.24, 2.45) is 5.73 Å². The predicted octanol–water partition coefficient (Wildman–Crippen LogP) is 4.89. The van der Waals surface area contributed by atoms with E-state index < -0.39 is 0 Å². The standard InChI is InChI=1S/C22H31N3OS/c1-15(26)17-8-6-7-16(11-17)14-25-20-13-18(22(2,3)4)12-19(24-5)21(20)27-10-9-23/h6-8,11-13,24-25H,9-10,14,23H2,1-5H3. The molecule has 0 saturated carbocycles. The van der Waals surface area contributed by atoms with E-state index in [1.165, 1.54) is 10.5 Å². The lowest BCUT2D eigenvalue weighted by Crippen LogP contribution is -2.14. The molecule has 4 N–H and O–H groups in total. The molecule has 0 unspecified atom stereocenters. The van der Waals surface area contributed by atoms with Gasteiger partial charge in [-0.15, -0.1) is 11.8 Å². The van der Waals surface area contributed by atoms with Crippen LogP contribution in [-0.2, 0) is 12.0 Å². The number of nitrogens with one attached hydrogen (secondary N) is 2. The Hall–Kier alpha value is -1.98. The highest BCUT2D eigenvalue weighted by Gasteiger charge is 2.19. The second kappa shape index (κ2) is 9.29. The molecule has 2 aromatic rings. The first-order valence-electron chi connectivity index (χ1n) is 9.29. The Balaban J connectivity index is 2.37. The SMILES string of the molecule is CNc1cc(C(C)(C)C)cc(NCc2cccc(C(C)=O)c2)c1SCCN. The summed E-state index contributed by atoms with van der Waals surface area (Å²) in [5.74, 6) is 0.946. The van der Waals surface area contributed by atoms with Gasteiger partial charge < -0.3 is 16.4 Å². The van der Waals surface area contributed by atoms with Crippen molar-refractivity contribution >= 4 is 28.9 Å². The van der Waals surface area contributed by atoms with Crippen molar-refractivity contribution in [1.82, 2.24) is 0 Å². The molecule has 5 heteroatoms. The Morgan fingerprint density at radius 2 is 1.85 bits per heavy atom. The summed E-state index contributed by atoms with van der Waals surface area (Å²) in [6.45, 7) is 9.54. The average molecular weight is 386 g/mol. The van der Waals surface area contributed by atoms with Gasteiger partial charge in [0.2, 0.25) is 0 Å². The van der Waals surface area contributed by atoms with Gasteiger partial charge in [0.1, 0.15) is 0 Å². The largest absolute Gasteiger partial charge is 0.387 e. The summed E-state index contributed by atoms with van der Waals surface area (Å²) in [5, 5.41) is 6.91. The summed E-state index contributed by atoms with van der Waals surface area (Å²) in [4.78, 5) is 12.8. The summed E-state index contributed by atoms with van der Waals surface area (Å²) in [5.41, 5.74) is 11.1. The van der Waals surface area contributed by atoms with Crippen molar-refractivity contribution in [3.63, 3.8) is 0 Å². The van der Waals surface area contributed by atoms with Gasteiger partial charge in [-0.05, 0) is 41.7 Å². The topological polar surface area (TPSA) is 67.1 Å². The van der Waals surface area contributed by atoms with E-state index in [1.54, 1.807) is 18.7 Å². The third-order valence-electron chi connectivity index (χ3n) is 4.41. The maximum atomic E-state index is 11.6. The van der Waals surface area contributed by atoms with Gasteiger partial charge in [-0.2, -0.15) is 0 Å². The number of anilines is 2. The van der Waals surface area contributed by atoms with Crippen molar-refractivity contribution in [1.29, 1.82) is 0 Å². The number of nitrogens with two attached hydrogens (primary N) is 1. The Bertz CT molecular complexity index is 797. The van der Waals surface area contributed by atoms with E-state index in [1.807, 2.05) is 31.3 Å². The van der Waals surface area contributed by atoms with Crippen molar-refractivity contribution < 1.29 is 4.79 Å². The number of benzene rings is 2. The normalized spacial score (nSPS) is 11.3. The zero-order valence-electron chi connectivity index (χ0n) is 17.0. The van der Waals surface area contributed by atoms with Crippen molar-refractivity contribution in [3.05, 3.63) is 53.1 Å². The van der Waals surface area contributed by atoms with E-state index in [4.69, 9.17) is 5.73 Å². The van der Waals surface area contributed by atoms with Crippen LogP contribution in [0.3, 0.4) is 0 Å². The molecule has 4 nitrogen and oxygen atoms in total. The average Bonchev–Trinajstić information content (AvgIpc) is 2.63. The number of hydrogen-bond acceptors (Lipinski definition) is 5. The van der Waals surface area contributed by atoms with Gasteiger partial charge in [-0.1, -0.05) is 39.0 Å². The second-order valence-electron chi connectivity index (χ2n) is 7.65. The van der Waals surface area contributed by atoms with Gasteiger partial charge in [0.15, 0.2) is 5.78 Å². The van der Waals surface area contributed by atoms with Crippen LogP contribution in [0.5, 0.6) is 0 Å².